The van der Waals surface area contributed by atoms with Gasteiger partial charge in [0.15, 0.2) is 0 Å². The monoisotopic (exact) mass is 200 g/mol. The highest BCUT2D eigenvalue weighted by molar-refractivity contribution is 5.27. The van der Waals surface area contributed by atoms with E-state index in [1.807, 2.05) is 6.92 Å². The highest BCUT2D eigenvalue weighted by atomic mass is 14.0. The summed E-state index contributed by atoms with van der Waals surface area (Å²) >= 11 is 0. The van der Waals surface area contributed by atoms with Gasteiger partial charge in [-0.2, -0.15) is 0 Å². The van der Waals surface area contributed by atoms with Gasteiger partial charge in [0.25, 0.3) is 0 Å². The third kappa shape index (κ3) is 24.5. The minimum absolute atomic E-state index is 0.119. The molecule has 0 N–H and O–H groups in total. The molecule has 0 radical (unpaired) electrons. The lowest BCUT2D eigenvalue weighted by Gasteiger charge is -2.05. The summed E-state index contributed by atoms with van der Waals surface area (Å²) in [6.07, 6.45) is 3.17. The lowest BCUT2D eigenvalue weighted by atomic mass is 9.98. The predicted octanol–water partition coefficient (Wildman–Crippen LogP) is 3.97. The molecule has 0 bridgehead atoms. The first-order valence-electron chi connectivity index (χ1n) is 4.75. The first-order valence-corrected chi connectivity index (χ1v) is 4.75. The molecule has 80 valence electrons. The Bertz CT molecular complexity index is 326. The van der Waals surface area contributed by atoms with Crippen molar-refractivity contribution in [1.29, 1.82) is 0 Å². The van der Waals surface area contributed by atoms with Crippen molar-refractivity contribution in [2.24, 2.45) is 5.41 Å². The molecule has 0 atom stereocenters. The molecule has 0 saturated heterocycles. The molecule has 0 spiro atoms. The van der Waals surface area contributed by atoms with Crippen LogP contribution in [-0.2, 0) is 0 Å². The summed E-state index contributed by atoms with van der Waals surface area (Å²) in [6, 6.07) is 0. The van der Waals surface area contributed by atoms with Crippen LogP contribution in [0.5, 0.6) is 0 Å². The van der Waals surface area contributed by atoms with Crippen LogP contribution in [0, 0.1) is 29.1 Å². The molecule has 0 aliphatic carbocycles. The fraction of sp³-hybridized carbons (Fsp3) is 0.333. The van der Waals surface area contributed by atoms with Crippen LogP contribution >= 0.6 is 0 Å². The summed E-state index contributed by atoms with van der Waals surface area (Å²) in [4.78, 5) is 0. The minimum Gasteiger partial charge on any atom is -0.0926 e. The van der Waals surface area contributed by atoms with Crippen molar-refractivity contribution in [3.05, 3.63) is 37.5 Å². The zero-order chi connectivity index (χ0) is 12.3. The van der Waals surface area contributed by atoms with Crippen molar-refractivity contribution >= 4 is 0 Å². The Balaban J connectivity index is 0. The second-order valence-corrected chi connectivity index (χ2v) is 3.98. The molecule has 0 saturated carbocycles. The highest BCUT2D eigenvalue weighted by Gasteiger charge is 2.01. The largest absolute Gasteiger partial charge is 0.0926 e. The topological polar surface area (TPSA) is 0 Å². The van der Waals surface area contributed by atoms with Crippen molar-refractivity contribution in [2.45, 2.75) is 27.7 Å². The van der Waals surface area contributed by atoms with Crippen molar-refractivity contribution in [3.63, 3.8) is 0 Å². The van der Waals surface area contributed by atoms with E-state index < -0.39 is 0 Å². The van der Waals surface area contributed by atoms with E-state index in [1.54, 1.807) is 12.2 Å². The molecule has 0 aromatic carbocycles. The van der Waals surface area contributed by atoms with Crippen molar-refractivity contribution in [2.75, 3.05) is 0 Å². The van der Waals surface area contributed by atoms with Gasteiger partial charge in [-0.15, -0.1) is 0 Å². The lowest BCUT2D eigenvalue weighted by Crippen LogP contribution is -1.98. The molecule has 0 unspecified atom stereocenters. The Kier molecular flexibility index (Phi) is 9.39. The molecule has 0 aliphatic heterocycles. The van der Waals surface area contributed by atoms with Crippen LogP contribution in [0.4, 0.5) is 0 Å². The first-order chi connectivity index (χ1) is 6.83. The Morgan fingerprint density at radius 1 is 1.07 bits per heavy atom. The molecular weight excluding hydrogens is 180 g/mol. The summed E-state index contributed by atoms with van der Waals surface area (Å²) in [7, 11) is 0. The summed E-state index contributed by atoms with van der Waals surface area (Å²) in [5.41, 5.74) is 0.994. The Morgan fingerprint density at radius 3 is 1.67 bits per heavy atom. The average molecular weight is 200 g/mol. The van der Waals surface area contributed by atoms with Gasteiger partial charge in [0.1, 0.15) is 0 Å². The smallest absolute Gasteiger partial charge is 0.0233 e. The zero-order valence-electron chi connectivity index (χ0n) is 10.3. The molecule has 0 heterocycles. The zero-order valence-corrected chi connectivity index (χ0v) is 10.3. The van der Waals surface area contributed by atoms with E-state index in [9.17, 15) is 0 Å². The number of hydrogen-bond donors (Lipinski definition) is 0. The molecule has 0 aromatic rings. The number of hydrogen-bond acceptors (Lipinski definition) is 0. The molecule has 0 heteroatoms. The molecule has 0 fully saturated rings. The van der Waals surface area contributed by atoms with Gasteiger partial charge in [-0.1, -0.05) is 43.4 Å². The fourth-order valence-corrected chi connectivity index (χ4v) is 0.442. The van der Waals surface area contributed by atoms with Crippen LogP contribution in [0.1, 0.15) is 27.7 Å². The summed E-state index contributed by atoms with van der Waals surface area (Å²) in [5, 5.41) is 0. The average Bonchev–Trinajstić information content (AvgIpc) is 2.11. The van der Waals surface area contributed by atoms with Crippen molar-refractivity contribution < 1.29 is 0 Å². The van der Waals surface area contributed by atoms with Crippen molar-refractivity contribution in [3.8, 4) is 23.7 Å². The standard InChI is InChI=1S/C8H12.C7H8/c1-5-6-7-8(2,3)4;1-4-5-6-7(2)3/h5H,1H2,2-4H3;4H,1-2H2,3H3. The van der Waals surface area contributed by atoms with Crippen LogP contribution in [0.3, 0.4) is 0 Å². The van der Waals surface area contributed by atoms with Crippen LogP contribution in [0.25, 0.3) is 0 Å². The summed E-state index contributed by atoms with van der Waals surface area (Å²) < 4.78 is 0. The maximum Gasteiger partial charge on any atom is 0.0233 e. The van der Waals surface area contributed by atoms with E-state index in [2.05, 4.69) is 64.2 Å². The van der Waals surface area contributed by atoms with Gasteiger partial charge in [0.2, 0.25) is 0 Å². The Labute approximate surface area is 94.8 Å². The molecule has 0 aromatic heterocycles. The van der Waals surface area contributed by atoms with E-state index in [4.69, 9.17) is 0 Å². The van der Waals surface area contributed by atoms with Gasteiger partial charge < -0.3 is 0 Å². The predicted molar refractivity (Wildman–Crippen MR) is 70.2 cm³/mol. The highest BCUT2D eigenvalue weighted by Crippen LogP contribution is 2.09. The fourth-order valence-electron chi connectivity index (χ4n) is 0.442. The second-order valence-electron chi connectivity index (χ2n) is 3.98. The SMILES string of the molecule is C=CC#CC(=C)C.C=CC#CC(C)(C)C. The maximum absolute atomic E-state index is 3.57. The second kappa shape index (κ2) is 8.92. The van der Waals surface area contributed by atoms with E-state index in [0.29, 0.717) is 0 Å². The molecule has 15 heavy (non-hydrogen) atoms. The normalized spacial score (nSPS) is 7.73. The van der Waals surface area contributed by atoms with Crippen LogP contribution in [0.15, 0.2) is 37.5 Å². The third-order valence-electron chi connectivity index (χ3n) is 0.937. The Morgan fingerprint density at radius 2 is 1.53 bits per heavy atom. The summed E-state index contributed by atoms with van der Waals surface area (Å²) in [5.74, 6) is 11.2. The molecule has 0 aliphatic rings. The molecule has 0 nitrogen and oxygen atoms in total. The van der Waals surface area contributed by atoms with Gasteiger partial charge in [-0.3, -0.25) is 0 Å². The quantitative estimate of drug-likeness (QED) is 0.519. The third-order valence-corrected chi connectivity index (χ3v) is 0.937. The summed E-state index contributed by atoms with van der Waals surface area (Å²) in [6.45, 7) is 18.6. The van der Waals surface area contributed by atoms with E-state index in [1.165, 1.54) is 0 Å². The minimum atomic E-state index is 0.119. The Hall–Kier alpha value is -1.66. The lowest BCUT2D eigenvalue weighted by molar-refractivity contribution is 0.571. The van der Waals surface area contributed by atoms with E-state index in [0.717, 1.165) is 5.57 Å². The maximum atomic E-state index is 3.57. The van der Waals surface area contributed by atoms with Gasteiger partial charge in [-0.05, 0) is 45.4 Å². The van der Waals surface area contributed by atoms with Crippen LogP contribution in [0.2, 0.25) is 0 Å². The number of allylic oxidation sites excluding steroid dienone is 3. The van der Waals surface area contributed by atoms with Gasteiger partial charge in [0, 0.05) is 5.41 Å². The number of rotatable bonds is 0. The van der Waals surface area contributed by atoms with Gasteiger partial charge >= 0.3 is 0 Å². The van der Waals surface area contributed by atoms with Gasteiger partial charge in [-0.25, -0.2) is 0 Å². The van der Waals surface area contributed by atoms with Crippen molar-refractivity contribution in [1.82, 2.24) is 0 Å². The van der Waals surface area contributed by atoms with E-state index in [-0.39, 0.29) is 5.41 Å². The van der Waals surface area contributed by atoms with Crippen LogP contribution < -0.4 is 0 Å². The molecule has 0 rings (SSSR count). The van der Waals surface area contributed by atoms with Gasteiger partial charge in [0.05, 0.1) is 0 Å². The van der Waals surface area contributed by atoms with E-state index >= 15 is 0 Å². The molecule has 0 amide bonds. The first kappa shape index (κ1) is 15.8. The van der Waals surface area contributed by atoms with Crippen LogP contribution in [-0.4, -0.2) is 0 Å². The molecular formula is C15H20.